The summed E-state index contributed by atoms with van der Waals surface area (Å²) in [6, 6.07) is 8.03. The highest BCUT2D eigenvalue weighted by atomic mass is 14.5. The average Bonchev–Trinajstić information content (AvgIpc) is 2.21. The molecule has 0 aliphatic rings. The van der Waals surface area contributed by atoms with Gasteiger partial charge in [0.05, 0.1) is 0 Å². The van der Waals surface area contributed by atoms with E-state index in [1.807, 2.05) is 50.3 Å². The molecule has 1 aromatic carbocycles. The lowest BCUT2D eigenvalue weighted by atomic mass is 10.0. The zero-order valence-corrected chi connectivity index (χ0v) is 9.12. The number of hydrogen-bond donors (Lipinski definition) is 1. The fourth-order valence-electron chi connectivity index (χ4n) is 1.31. The molecular weight excluding hydrogens is 182 g/mol. The van der Waals surface area contributed by atoms with Crippen LogP contribution in [0.4, 0.5) is 0 Å². The Labute approximate surface area is 91.3 Å². The van der Waals surface area contributed by atoms with Gasteiger partial charge >= 0.3 is 0 Å². The smallest absolute Gasteiger partial charge is 0.0318 e. The van der Waals surface area contributed by atoms with E-state index in [1.54, 1.807) is 0 Å². The van der Waals surface area contributed by atoms with E-state index in [9.17, 15) is 0 Å². The molecule has 1 aromatic rings. The molecule has 0 saturated carbocycles. The number of aryl methyl sites for hydroxylation is 1. The van der Waals surface area contributed by atoms with Gasteiger partial charge in [-0.2, -0.15) is 0 Å². The molecule has 0 bridgehead atoms. The molecule has 0 aromatic heterocycles. The van der Waals surface area contributed by atoms with Gasteiger partial charge in [0.1, 0.15) is 0 Å². The first-order valence-electron chi connectivity index (χ1n) is 4.82. The fourth-order valence-corrected chi connectivity index (χ4v) is 1.31. The maximum atomic E-state index is 5.56. The molecule has 0 heterocycles. The van der Waals surface area contributed by atoms with E-state index < -0.39 is 0 Å². The van der Waals surface area contributed by atoms with Crippen LogP contribution in [0.3, 0.4) is 0 Å². The fraction of sp³-hybridized carbons (Fsp3) is 0.143. The molecule has 0 unspecified atom stereocenters. The largest absolute Gasteiger partial charge is 0.402 e. The van der Waals surface area contributed by atoms with E-state index in [1.165, 1.54) is 5.56 Å². The molecule has 1 rings (SSSR count). The molecule has 15 heavy (non-hydrogen) atoms. The second kappa shape index (κ2) is 5.07. The van der Waals surface area contributed by atoms with E-state index in [0.29, 0.717) is 0 Å². The summed E-state index contributed by atoms with van der Waals surface area (Å²) in [6.07, 6.45) is 9.17. The molecule has 0 aliphatic heterocycles. The molecule has 0 spiro atoms. The molecule has 0 amide bonds. The van der Waals surface area contributed by atoms with Crippen molar-refractivity contribution in [3.8, 4) is 12.3 Å². The van der Waals surface area contributed by atoms with Crippen LogP contribution in [0.15, 0.2) is 42.1 Å². The topological polar surface area (TPSA) is 26.0 Å². The Bertz CT molecular complexity index is 441. The monoisotopic (exact) mass is 197 g/mol. The number of terminal acetylenes is 1. The van der Waals surface area contributed by atoms with Gasteiger partial charge in [-0.25, -0.2) is 0 Å². The third kappa shape index (κ3) is 3.03. The Hall–Kier alpha value is -1.94. The molecule has 76 valence electrons. The second-order valence-electron chi connectivity index (χ2n) is 3.45. The van der Waals surface area contributed by atoms with Gasteiger partial charge < -0.3 is 5.73 Å². The lowest BCUT2D eigenvalue weighted by molar-refractivity contribution is 1.32. The lowest BCUT2D eigenvalue weighted by Crippen LogP contribution is -1.90. The van der Waals surface area contributed by atoms with E-state index in [2.05, 4.69) is 5.92 Å². The van der Waals surface area contributed by atoms with Crippen molar-refractivity contribution in [3.05, 3.63) is 53.2 Å². The van der Waals surface area contributed by atoms with E-state index >= 15 is 0 Å². The first-order chi connectivity index (χ1) is 7.15. The highest BCUT2D eigenvalue weighted by molar-refractivity contribution is 5.80. The van der Waals surface area contributed by atoms with Gasteiger partial charge in [-0.1, -0.05) is 30.2 Å². The van der Waals surface area contributed by atoms with Crippen LogP contribution < -0.4 is 5.73 Å². The van der Waals surface area contributed by atoms with E-state index in [-0.39, 0.29) is 0 Å². The number of rotatable bonds is 2. The van der Waals surface area contributed by atoms with Gasteiger partial charge in [0.2, 0.25) is 0 Å². The minimum atomic E-state index is 0.747. The normalized spacial score (nSPS) is 12.3. The maximum Gasteiger partial charge on any atom is 0.0318 e. The summed E-state index contributed by atoms with van der Waals surface area (Å²) in [4.78, 5) is 0. The van der Waals surface area contributed by atoms with Gasteiger partial charge in [0, 0.05) is 11.3 Å². The zero-order chi connectivity index (χ0) is 11.3. The Morgan fingerprint density at radius 2 is 2.00 bits per heavy atom. The maximum absolute atomic E-state index is 5.56. The molecule has 0 atom stereocenters. The van der Waals surface area contributed by atoms with Crippen molar-refractivity contribution in [2.75, 3.05) is 0 Å². The van der Waals surface area contributed by atoms with Crippen LogP contribution in [-0.4, -0.2) is 0 Å². The number of nitrogens with two attached hydrogens (primary N) is 1. The predicted molar refractivity (Wildman–Crippen MR) is 65.9 cm³/mol. The van der Waals surface area contributed by atoms with Crippen LogP contribution in [0.1, 0.15) is 18.1 Å². The van der Waals surface area contributed by atoms with Gasteiger partial charge in [-0.15, -0.1) is 6.42 Å². The van der Waals surface area contributed by atoms with Crippen molar-refractivity contribution in [1.82, 2.24) is 0 Å². The van der Waals surface area contributed by atoms with Crippen LogP contribution in [0.2, 0.25) is 0 Å². The minimum absolute atomic E-state index is 0.747. The summed E-state index contributed by atoms with van der Waals surface area (Å²) < 4.78 is 0. The summed E-state index contributed by atoms with van der Waals surface area (Å²) in [7, 11) is 0. The van der Waals surface area contributed by atoms with Crippen molar-refractivity contribution >= 4 is 5.57 Å². The van der Waals surface area contributed by atoms with Gasteiger partial charge in [-0.3, -0.25) is 0 Å². The van der Waals surface area contributed by atoms with Crippen LogP contribution in [0, 0.1) is 19.3 Å². The summed E-state index contributed by atoms with van der Waals surface area (Å²) in [6.45, 7) is 3.88. The summed E-state index contributed by atoms with van der Waals surface area (Å²) >= 11 is 0. The second-order valence-corrected chi connectivity index (χ2v) is 3.45. The highest BCUT2D eigenvalue weighted by Gasteiger charge is 1.99. The molecule has 1 heteroatoms. The Balaban J connectivity index is 3.16. The van der Waals surface area contributed by atoms with Crippen LogP contribution in [0.5, 0.6) is 0 Å². The van der Waals surface area contributed by atoms with Crippen molar-refractivity contribution < 1.29 is 0 Å². The summed E-state index contributed by atoms with van der Waals surface area (Å²) in [5.41, 5.74) is 9.42. The lowest BCUT2D eigenvalue weighted by Gasteiger charge is -2.03. The number of hydrogen-bond acceptors (Lipinski definition) is 1. The summed E-state index contributed by atoms with van der Waals surface area (Å²) in [5.74, 6) is 2.68. The number of benzene rings is 1. The van der Waals surface area contributed by atoms with Crippen molar-refractivity contribution in [3.63, 3.8) is 0 Å². The van der Waals surface area contributed by atoms with Gasteiger partial charge in [0.25, 0.3) is 0 Å². The van der Waals surface area contributed by atoms with Crippen LogP contribution in [0.25, 0.3) is 5.57 Å². The van der Waals surface area contributed by atoms with Gasteiger partial charge in [-0.05, 0) is 37.1 Å². The quantitative estimate of drug-likeness (QED) is 0.572. The Kier molecular flexibility index (Phi) is 3.76. The Morgan fingerprint density at radius 3 is 2.53 bits per heavy atom. The molecule has 0 radical (unpaired) electrons. The van der Waals surface area contributed by atoms with E-state index in [4.69, 9.17) is 12.2 Å². The minimum Gasteiger partial charge on any atom is -0.402 e. The van der Waals surface area contributed by atoms with Gasteiger partial charge in [0.15, 0.2) is 0 Å². The first-order valence-corrected chi connectivity index (χ1v) is 4.82. The molecule has 0 saturated heterocycles. The third-order valence-corrected chi connectivity index (χ3v) is 2.10. The predicted octanol–water partition coefficient (Wildman–Crippen LogP) is 2.87. The SMILES string of the molecule is C#C/C(=C\C=C(/C)N)c1ccccc1C. The van der Waals surface area contributed by atoms with Crippen LogP contribution >= 0.6 is 0 Å². The number of allylic oxidation sites excluding steroid dienone is 4. The molecule has 1 nitrogen and oxygen atoms in total. The van der Waals surface area contributed by atoms with Crippen LogP contribution in [-0.2, 0) is 0 Å². The molecule has 0 fully saturated rings. The molecule has 0 aliphatic carbocycles. The third-order valence-electron chi connectivity index (χ3n) is 2.10. The van der Waals surface area contributed by atoms with Crippen molar-refractivity contribution in [1.29, 1.82) is 0 Å². The van der Waals surface area contributed by atoms with E-state index in [0.717, 1.165) is 16.8 Å². The highest BCUT2D eigenvalue weighted by Crippen LogP contribution is 2.17. The average molecular weight is 197 g/mol. The summed E-state index contributed by atoms with van der Waals surface area (Å²) in [5, 5.41) is 0. The van der Waals surface area contributed by atoms with Crippen molar-refractivity contribution in [2.45, 2.75) is 13.8 Å². The first kappa shape index (κ1) is 11.1. The van der Waals surface area contributed by atoms with Crippen molar-refractivity contribution in [2.24, 2.45) is 5.73 Å². The standard InChI is InChI=1S/C14H15N/c1-4-13(10-9-12(3)15)14-8-6-5-7-11(14)2/h1,5-10H,15H2,2-3H3/b12-9+,13-10+. The molecule has 2 N–H and O–H groups in total. The zero-order valence-electron chi connectivity index (χ0n) is 9.12. The molecular formula is C14H15N. The Morgan fingerprint density at radius 1 is 1.33 bits per heavy atom.